The summed E-state index contributed by atoms with van der Waals surface area (Å²) in [7, 11) is 1.55. The summed E-state index contributed by atoms with van der Waals surface area (Å²) in [6.07, 6.45) is 2.94. The molecule has 1 saturated heterocycles. The molecule has 0 spiro atoms. The van der Waals surface area contributed by atoms with Crippen molar-refractivity contribution in [1.82, 2.24) is 4.90 Å². The van der Waals surface area contributed by atoms with Gasteiger partial charge in [-0.3, -0.25) is 4.39 Å². The van der Waals surface area contributed by atoms with Crippen LogP contribution >= 0.6 is 23.2 Å². The van der Waals surface area contributed by atoms with E-state index in [0.717, 1.165) is 89.1 Å². The van der Waals surface area contributed by atoms with Gasteiger partial charge >= 0.3 is 5.97 Å². The minimum atomic E-state index is -0.930. The highest BCUT2D eigenvalue weighted by Crippen LogP contribution is 2.43. The van der Waals surface area contributed by atoms with E-state index in [9.17, 15) is 14.3 Å². The number of benzene rings is 3. The van der Waals surface area contributed by atoms with Gasteiger partial charge in [0.2, 0.25) is 0 Å². The Labute approximate surface area is 250 Å². The van der Waals surface area contributed by atoms with E-state index >= 15 is 0 Å². The van der Waals surface area contributed by atoms with E-state index in [1.807, 2.05) is 19.1 Å². The van der Waals surface area contributed by atoms with Gasteiger partial charge in [-0.15, -0.1) is 0 Å². The molecule has 0 amide bonds. The van der Waals surface area contributed by atoms with Crippen LogP contribution in [0.5, 0.6) is 0 Å². The first kappa shape index (κ1) is 29.3. The lowest BCUT2D eigenvalue weighted by molar-refractivity contribution is 0.0696. The smallest absolute Gasteiger partial charge is 0.335 e. The number of oxime groups is 1. The summed E-state index contributed by atoms with van der Waals surface area (Å²) in [4.78, 5) is 19.3. The Kier molecular flexibility index (Phi) is 9.12. The van der Waals surface area contributed by atoms with Crippen molar-refractivity contribution in [2.45, 2.75) is 32.6 Å². The fourth-order valence-corrected chi connectivity index (χ4v) is 6.59. The van der Waals surface area contributed by atoms with Crippen molar-refractivity contribution >= 4 is 46.0 Å². The topological polar surface area (TPSA) is 62.1 Å². The lowest BCUT2D eigenvalue weighted by Crippen LogP contribution is -2.50. The van der Waals surface area contributed by atoms with Gasteiger partial charge in [-0.05, 0) is 101 Å². The summed E-state index contributed by atoms with van der Waals surface area (Å²) in [6.45, 7) is 4.07. The predicted molar refractivity (Wildman–Crippen MR) is 164 cm³/mol. The summed E-state index contributed by atoms with van der Waals surface area (Å²) >= 11 is 13.0. The molecule has 2 aliphatic rings. The number of carboxylic acids is 1. The van der Waals surface area contributed by atoms with Crippen molar-refractivity contribution in [3.05, 3.63) is 104 Å². The third-order valence-corrected chi connectivity index (χ3v) is 8.50. The molecule has 5 nitrogen and oxygen atoms in total. The minimum Gasteiger partial charge on any atom is -0.478 e. The Morgan fingerprint density at radius 2 is 1.83 bits per heavy atom. The monoisotopic (exact) mass is 594 g/mol. The van der Waals surface area contributed by atoms with Crippen LogP contribution in [-0.4, -0.2) is 55.1 Å². The summed E-state index contributed by atoms with van der Waals surface area (Å²) in [5.41, 5.74) is 9.23. The Hall–Kier alpha value is -3.19. The fraction of sp³-hybridized carbons (Fsp3) is 0.333. The van der Waals surface area contributed by atoms with Crippen LogP contribution in [0.2, 0.25) is 10.0 Å². The number of fused-ring (bicyclic) bond motifs is 1. The van der Waals surface area contributed by atoms with Crippen LogP contribution in [0.4, 0.5) is 4.39 Å². The quantitative estimate of drug-likeness (QED) is 0.202. The predicted octanol–water partition coefficient (Wildman–Crippen LogP) is 7.94. The van der Waals surface area contributed by atoms with Gasteiger partial charge in [0.05, 0.1) is 17.9 Å². The van der Waals surface area contributed by atoms with Gasteiger partial charge in [-0.25, -0.2) is 4.79 Å². The van der Waals surface area contributed by atoms with Crippen LogP contribution in [0.15, 0.2) is 59.8 Å². The number of allylic oxidation sites excluding steroid dienone is 1. The number of hydrogen-bond acceptors (Lipinski definition) is 4. The van der Waals surface area contributed by atoms with Crippen LogP contribution in [0.3, 0.4) is 0 Å². The van der Waals surface area contributed by atoms with Crippen molar-refractivity contribution < 1.29 is 19.1 Å². The Morgan fingerprint density at radius 3 is 2.49 bits per heavy atom. The summed E-state index contributed by atoms with van der Waals surface area (Å²) in [5, 5.41) is 15.3. The molecule has 1 N–H and O–H groups in total. The van der Waals surface area contributed by atoms with Crippen molar-refractivity contribution in [3.63, 3.8) is 0 Å². The highest BCUT2D eigenvalue weighted by Gasteiger charge is 2.32. The molecule has 0 unspecified atom stereocenters. The van der Waals surface area contributed by atoms with E-state index in [1.54, 1.807) is 25.3 Å². The van der Waals surface area contributed by atoms with Crippen LogP contribution in [-0.2, 0) is 11.3 Å². The molecule has 0 aromatic heterocycles. The number of likely N-dealkylation sites (tertiary alicyclic amines) is 1. The molecule has 41 heavy (non-hydrogen) atoms. The molecule has 1 heterocycles. The number of aryl methyl sites for hydroxylation is 2. The molecule has 0 saturated carbocycles. The van der Waals surface area contributed by atoms with E-state index < -0.39 is 5.97 Å². The van der Waals surface area contributed by atoms with Gasteiger partial charge in [-0.2, -0.15) is 0 Å². The Morgan fingerprint density at radius 1 is 1.07 bits per heavy atom. The van der Waals surface area contributed by atoms with Crippen molar-refractivity contribution in [2.75, 3.05) is 33.4 Å². The molecule has 5 rings (SSSR count). The number of hydrogen-bond donors (Lipinski definition) is 1. The van der Waals surface area contributed by atoms with Gasteiger partial charge in [0.1, 0.15) is 7.11 Å². The van der Waals surface area contributed by atoms with Crippen LogP contribution in [0.25, 0.3) is 11.1 Å². The third-order valence-electron chi connectivity index (χ3n) is 7.96. The molecule has 0 atom stereocenters. The second-order valence-electron chi connectivity index (χ2n) is 10.7. The lowest BCUT2D eigenvalue weighted by atomic mass is 9.84. The van der Waals surface area contributed by atoms with E-state index in [0.29, 0.717) is 22.0 Å². The molecule has 8 heteroatoms. The van der Waals surface area contributed by atoms with Crippen LogP contribution in [0.1, 0.15) is 63.0 Å². The van der Waals surface area contributed by atoms with Gasteiger partial charge in [0, 0.05) is 35.6 Å². The maximum absolute atomic E-state index is 12.6. The third kappa shape index (κ3) is 6.20. The first-order valence-electron chi connectivity index (χ1n) is 13.9. The number of nitrogens with zero attached hydrogens (tertiary/aromatic N) is 2. The average Bonchev–Trinajstić information content (AvgIpc) is 3.12. The van der Waals surface area contributed by atoms with Crippen molar-refractivity contribution in [3.8, 4) is 0 Å². The average molecular weight is 596 g/mol. The molecule has 1 aliphatic carbocycles. The molecule has 1 fully saturated rings. The van der Waals surface area contributed by atoms with E-state index in [2.05, 4.69) is 34.3 Å². The summed E-state index contributed by atoms with van der Waals surface area (Å²) < 4.78 is 12.6. The van der Waals surface area contributed by atoms with Gasteiger partial charge in [0.25, 0.3) is 0 Å². The second-order valence-corrected chi connectivity index (χ2v) is 11.5. The highest BCUT2D eigenvalue weighted by molar-refractivity contribution is 6.36. The van der Waals surface area contributed by atoms with E-state index in [4.69, 9.17) is 28.0 Å². The van der Waals surface area contributed by atoms with Crippen molar-refractivity contribution in [2.24, 2.45) is 11.1 Å². The number of rotatable bonds is 9. The van der Waals surface area contributed by atoms with E-state index in [-0.39, 0.29) is 12.6 Å². The number of halogens is 3. The number of carboxylic acid groups (broad SMARTS) is 1. The molecule has 1 aliphatic heterocycles. The maximum atomic E-state index is 12.6. The Bertz CT molecular complexity index is 1510. The summed E-state index contributed by atoms with van der Waals surface area (Å²) in [5.74, 6) is -0.710. The number of alkyl halides is 1. The minimum absolute atomic E-state index is 0.221. The number of carbonyl (C=O) groups is 1. The molecule has 0 radical (unpaired) electrons. The molecular weight excluding hydrogens is 562 g/mol. The molecule has 0 bridgehead atoms. The standard InChI is InChI=1S/C33H33Cl2FN2O3/c1-20-15-24(33(39)40)16-23-5-3-6-28(27-12-11-26(34)17-29(27)35)31(30(20)23)21-7-9-22(10-8-21)32(37-41-2)25-18-38(19-25)14-4-13-36/h7-12,15-17,25H,3-6,13-14,18-19H2,1-2H3,(H,39,40). The Balaban J connectivity index is 1.60. The zero-order valence-corrected chi connectivity index (χ0v) is 24.7. The van der Waals surface area contributed by atoms with Gasteiger partial charge in [-0.1, -0.05) is 58.7 Å². The normalized spacial score (nSPS) is 16.3. The van der Waals surface area contributed by atoms with E-state index in [1.165, 1.54) is 0 Å². The van der Waals surface area contributed by atoms with Crippen LogP contribution in [0, 0.1) is 12.8 Å². The van der Waals surface area contributed by atoms with Crippen molar-refractivity contribution in [1.29, 1.82) is 0 Å². The van der Waals surface area contributed by atoms with Crippen LogP contribution < -0.4 is 0 Å². The highest BCUT2D eigenvalue weighted by atomic mass is 35.5. The lowest BCUT2D eigenvalue weighted by Gasteiger charge is -2.39. The molecule has 214 valence electrons. The SMILES string of the molecule is CON=C(c1ccc(C2=C(c3ccc(Cl)cc3Cl)CCCc3cc(C(=O)O)cc(C)c32)cc1)C1CN(CCCF)C1. The fourth-order valence-electron chi connectivity index (χ4n) is 6.07. The zero-order chi connectivity index (χ0) is 29.1. The zero-order valence-electron chi connectivity index (χ0n) is 23.2. The molecular formula is C33H33Cl2FN2O3. The molecule has 3 aromatic carbocycles. The van der Waals surface area contributed by atoms with Gasteiger partial charge < -0.3 is 14.8 Å². The number of aromatic carboxylic acids is 1. The summed E-state index contributed by atoms with van der Waals surface area (Å²) in [6, 6.07) is 17.5. The van der Waals surface area contributed by atoms with Gasteiger partial charge in [0.15, 0.2) is 0 Å². The largest absolute Gasteiger partial charge is 0.478 e. The first-order valence-corrected chi connectivity index (χ1v) is 14.6. The molecule has 3 aromatic rings. The second kappa shape index (κ2) is 12.8. The maximum Gasteiger partial charge on any atom is 0.335 e. The first-order chi connectivity index (χ1) is 19.8.